The van der Waals surface area contributed by atoms with Crippen LogP contribution in [0.25, 0.3) is 0 Å². The van der Waals surface area contributed by atoms with Gasteiger partial charge < -0.3 is 9.69 Å². The number of hydrogen-bond acceptors (Lipinski definition) is 2. The molecule has 1 heterocycles. The Morgan fingerprint density at radius 3 is 2.65 bits per heavy atom. The zero-order valence-electron chi connectivity index (χ0n) is 9.85. The minimum Gasteiger partial charge on any atom is -0.337 e. The van der Waals surface area contributed by atoms with E-state index in [1.807, 2.05) is 42.2 Å². The van der Waals surface area contributed by atoms with Gasteiger partial charge >= 0.3 is 0 Å². The van der Waals surface area contributed by atoms with E-state index in [1.54, 1.807) is 0 Å². The van der Waals surface area contributed by atoms with Crippen molar-refractivity contribution >= 4 is 12.2 Å². The molecule has 0 spiro atoms. The van der Waals surface area contributed by atoms with Gasteiger partial charge in [0.15, 0.2) is 0 Å². The predicted octanol–water partition coefficient (Wildman–Crippen LogP) is 1.62. The van der Waals surface area contributed by atoms with E-state index < -0.39 is 5.41 Å². The molecule has 1 saturated carbocycles. The Balaban J connectivity index is 1.80. The predicted molar refractivity (Wildman–Crippen MR) is 63.1 cm³/mol. The van der Waals surface area contributed by atoms with Crippen molar-refractivity contribution < 1.29 is 9.59 Å². The van der Waals surface area contributed by atoms with E-state index in [0.29, 0.717) is 13.1 Å². The zero-order chi connectivity index (χ0) is 12.1. The lowest BCUT2D eigenvalue weighted by Gasteiger charge is -2.20. The number of nitrogens with zero attached hydrogens (tertiary/aromatic N) is 1. The zero-order valence-corrected chi connectivity index (χ0v) is 9.85. The molecule has 3 rings (SSSR count). The lowest BCUT2D eigenvalue weighted by atomic mass is 10.00. The topological polar surface area (TPSA) is 37.4 Å². The van der Waals surface area contributed by atoms with Crippen molar-refractivity contribution in [3.05, 3.63) is 35.9 Å². The maximum Gasteiger partial charge on any atom is 0.236 e. The number of benzene rings is 1. The molecule has 1 saturated heterocycles. The van der Waals surface area contributed by atoms with Gasteiger partial charge in [-0.25, -0.2) is 0 Å². The minimum atomic E-state index is -0.693. The van der Waals surface area contributed by atoms with Gasteiger partial charge in [-0.1, -0.05) is 37.3 Å². The number of aldehydes is 1. The largest absolute Gasteiger partial charge is 0.337 e. The van der Waals surface area contributed by atoms with Gasteiger partial charge in [0.05, 0.1) is 0 Å². The Bertz CT molecular complexity index is 484. The first-order chi connectivity index (χ1) is 8.11. The third-order valence-corrected chi connectivity index (χ3v) is 4.25. The molecule has 88 valence electrons. The lowest BCUT2D eigenvalue weighted by molar-refractivity contribution is -0.136. The van der Waals surface area contributed by atoms with Crippen molar-refractivity contribution in [1.29, 1.82) is 0 Å². The van der Waals surface area contributed by atoms with Gasteiger partial charge in [-0.2, -0.15) is 0 Å². The highest BCUT2D eigenvalue weighted by atomic mass is 16.2. The van der Waals surface area contributed by atoms with Gasteiger partial charge in [-0.3, -0.25) is 4.79 Å². The number of piperidine rings is 1. The number of amides is 1. The van der Waals surface area contributed by atoms with Gasteiger partial charge in [0, 0.05) is 18.5 Å². The summed E-state index contributed by atoms with van der Waals surface area (Å²) in [5, 5.41) is 0. The average Bonchev–Trinajstić information content (AvgIpc) is 2.89. The average molecular weight is 229 g/mol. The first-order valence-electron chi connectivity index (χ1n) is 5.91. The van der Waals surface area contributed by atoms with E-state index >= 15 is 0 Å². The first kappa shape index (κ1) is 10.5. The van der Waals surface area contributed by atoms with E-state index in [2.05, 4.69) is 0 Å². The van der Waals surface area contributed by atoms with Gasteiger partial charge in [-0.15, -0.1) is 0 Å². The van der Waals surface area contributed by atoms with Gasteiger partial charge in [0.2, 0.25) is 5.91 Å². The number of rotatable bonds is 3. The van der Waals surface area contributed by atoms with Crippen LogP contribution in [0, 0.1) is 10.8 Å². The van der Waals surface area contributed by atoms with Crippen LogP contribution in [0.4, 0.5) is 0 Å². The van der Waals surface area contributed by atoms with E-state index in [0.717, 1.165) is 18.3 Å². The van der Waals surface area contributed by atoms with Gasteiger partial charge in [0.25, 0.3) is 0 Å². The molecule has 1 aromatic rings. The number of likely N-dealkylation sites (tertiary alicyclic amines) is 1. The molecule has 1 aliphatic carbocycles. The summed E-state index contributed by atoms with van der Waals surface area (Å²) < 4.78 is 0. The third kappa shape index (κ3) is 1.28. The highest BCUT2D eigenvalue weighted by Gasteiger charge is 2.75. The quantitative estimate of drug-likeness (QED) is 0.583. The summed E-state index contributed by atoms with van der Waals surface area (Å²) in [6.45, 7) is 3.36. The summed E-state index contributed by atoms with van der Waals surface area (Å²) >= 11 is 0. The van der Waals surface area contributed by atoms with Crippen molar-refractivity contribution in [1.82, 2.24) is 4.90 Å². The molecule has 2 atom stereocenters. The highest BCUT2D eigenvalue weighted by molar-refractivity contribution is 6.04. The summed E-state index contributed by atoms with van der Waals surface area (Å²) in [4.78, 5) is 25.2. The van der Waals surface area contributed by atoms with Crippen LogP contribution < -0.4 is 0 Å². The molecule has 0 unspecified atom stereocenters. The number of carbonyl (C=O) groups excluding carboxylic acids is 2. The van der Waals surface area contributed by atoms with Crippen molar-refractivity contribution in [3.8, 4) is 0 Å². The van der Waals surface area contributed by atoms with Crippen LogP contribution in [0.1, 0.15) is 18.9 Å². The second-order valence-electron chi connectivity index (χ2n) is 5.47. The number of carbonyl (C=O) groups is 2. The summed E-state index contributed by atoms with van der Waals surface area (Å²) in [5.74, 6) is 0.0128. The molecule has 17 heavy (non-hydrogen) atoms. The molecule has 1 aliphatic heterocycles. The van der Waals surface area contributed by atoms with Crippen LogP contribution in [-0.4, -0.2) is 23.6 Å². The molecule has 2 aliphatic rings. The SMILES string of the molecule is C[C@]12CN(Cc3ccccc3)C(=O)[C@@]1(C=O)C2. The fourth-order valence-electron chi connectivity index (χ4n) is 3.04. The maximum absolute atomic E-state index is 12.2. The highest BCUT2D eigenvalue weighted by Crippen LogP contribution is 2.67. The van der Waals surface area contributed by atoms with Crippen molar-refractivity contribution in [2.24, 2.45) is 10.8 Å². The van der Waals surface area contributed by atoms with Crippen LogP contribution in [0.15, 0.2) is 30.3 Å². The fraction of sp³-hybridized carbons (Fsp3) is 0.429. The molecule has 0 radical (unpaired) electrons. The Morgan fingerprint density at radius 1 is 1.35 bits per heavy atom. The second-order valence-corrected chi connectivity index (χ2v) is 5.47. The molecule has 0 bridgehead atoms. The molecule has 3 heteroatoms. The molecule has 1 aromatic carbocycles. The smallest absolute Gasteiger partial charge is 0.236 e. The number of hydrogen-bond donors (Lipinski definition) is 0. The van der Waals surface area contributed by atoms with Crippen LogP contribution in [0.2, 0.25) is 0 Å². The molecular weight excluding hydrogens is 214 g/mol. The number of fused-ring (bicyclic) bond motifs is 1. The second kappa shape index (κ2) is 3.19. The molecule has 2 fully saturated rings. The summed E-state index contributed by atoms with van der Waals surface area (Å²) in [6.07, 6.45) is 1.59. The summed E-state index contributed by atoms with van der Waals surface area (Å²) in [6, 6.07) is 9.91. The van der Waals surface area contributed by atoms with E-state index in [4.69, 9.17) is 0 Å². The van der Waals surface area contributed by atoms with Gasteiger partial charge in [0.1, 0.15) is 11.7 Å². The monoisotopic (exact) mass is 229 g/mol. The summed E-state index contributed by atoms with van der Waals surface area (Å²) in [7, 11) is 0. The Kier molecular flexibility index (Phi) is 1.97. The van der Waals surface area contributed by atoms with Gasteiger partial charge in [-0.05, 0) is 12.0 Å². The first-order valence-corrected chi connectivity index (χ1v) is 5.91. The van der Waals surface area contributed by atoms with Crippen LogP contribution in [-0.2, 0) is 16.1 Å². The molecule has 0 aromatic heterocycles. The Hall–Kier alpha value is -1.64. The van der Waals surface area contributed by atoms with Crippen molar-refractivity contribution in [3.63, 3.8) is 0 Å². The fourth-order valence-corrected chi connectivity index (χ4v) is 3.04. The van der Waals surface area contributed by atoms with Crippen LogP contribution >= 0.6 is 0 Å². The Morgan fingerprint density at radius 2 is 2.06 bits per heavy atom. The summed E-state index contributed by atoms with van der Waals surface area (Å²) in [5.41, 5.74) is 0.314. The van der Waals surface area contributed by atoms with Crippen molar-refractivity contribution in [2.75, 3.05) is 6.54 Å². The van der Waals surface area contributed by atoms with Crippen LogP contribution in [0.5, 0.6) is 0 Å². The molecule has 3 nitrogen and oxygen atoms in total. The van der Waals surface area contributed by atoms with Crippen molar-refractivity contribution in [2.45, 2.75) is 19.9 Å². The maximum atomic E-state index is 12.2. The molecule has 0 N–H and O–H groups in total. The normalized spacial score (nSPS) is 34.6. The minimum absolute atomic E-state index is 0.0128. The third-order valence-electron chi connectivity index (χ3n) is 4.25. The van der Waals surface area contributed by atoms with E-state index in [-0.39, 0.29) is 11.3 Å². The standard InChI is InChI=1S/C14H15NO2/c1-13-8-14(13,10-16)12(17)15(9-13)7-11-5-3-2-4-6-11/h2-6,10H,7-9H2,1H3/t13-,14-/m0/s1. The lowest BCUT2D eigenvalue weighted by Crippen LogP contribution is -2.32. The Labute approximate surface area is 100 Å². The molecule has 1 amide bonds. The van der Waals surface area contributed by atoms with Crippen LogP contribution in [0.3, 0.4) is 0 Å². The van der Waals surface area contributed by atoms with E-state index in [1.165, 1.54) is 0 Å². The van der Waals surface area contributed by atoms with E-state index in [9.17, 15) is 9.59 Å². The molecular formula is C14H15NO2.